The molecule has 2 aromatic carbocycles. The summed E-state index contributed by atoms with van der Waals surface area (Å²) in [5, 5.41) is 14.3. The van der Waals surface area contributed by atoms with Crippen LogP contribution < -0.4 is 15.4 Å². The Morgan fingerprint density at radius 3 is 2.37 bits per heavy atom. The number of nitrogens with one attached hydrogen (secondary N) is 2. The zero-order valence-corrected chi connectivity index (χ0v) is 19.8. The van der Waals surface area contributed by atoms with E-state index in [2.05, 4.69) is 20.5 Å². The van der Waals surface area contributed by atoms with Crippen molar-refractivity contribution in [1.82, 2.24) is 4.90 Å². The summed E-state index contributed by atoms with van der Waals surface area (Å²) < 4.78 is 5.19. The van der Waals surface area contributed by atoms with Crippen molar-refractivity contribution in [3.8, 4) is 11.8 Å². The van der Waals surface area contributed by atoms with Gasteiger partial charge in [-0.05, 0) is 67.8 Å². The summed E-state index contributed by atoms with van der Waals surface area (Å²) in [6.45, 7) is 1.76. The summed E-state index contributed by atoms with van der Waals surface area (Å²) in [6, 6.07) is 15.1. The van der Waals surface area contributed by atoms with Gasteiger partial charge in [0.1, 0.15) is 17.1 Å². The highest BCUT2D eigenvalue weighted by molar-refractivity contribution is 8.15. The number of carbonyl (C=O) groups is 3. The first-order valence-electron chi connectivity index (χ1n) is 11.4. The number of piperidine rings is 1. The number of aliphatic imine (C=N–C) groups is 1. The molecule has 4 rings (SSSR count). The maximum Gasteiger partial charge on any atom is 0.262 e. The van der Waals surface area contributed by atoms with Gasteiger partial charge >= 0.3 is 0 Å². The van der Waals surface area contributed by atoms with E-state index in [1.54, 1.807) is 48.5 Å². The Morgan fingerprint density at radius 2 is 1.69 bits per heavy atom. The van der Waals surface area contributed by atoms with Gasteiger partial charge < -0.3 is 20.3 Å². The first kappa shape index (κ1) is 24.3. The number of nitrogens with zero attached hydrogens (tertiary/aromatic N) is 3. The van der Waals surface area contributed by atoms with Gasteiger partial charge in [-0.2, -0.15) is 10.3 Å². The van der Waals surface area contributed by atoms with Gasteiger partial charge in [0.25, 0.3) is 11.8 Å². The van der Waals surface area contributed by atoms with Crippen LogP contribution in [0.15, 0.2) is 53.5 Å². The minimum Gasteiger partial charge on any atom is -0.479 e. The van der Waals surface area contributed by atoms with Gasteiger partial charge in [-0.3, -0.25) is 14.4 Å². The molecular formula is C25H25N5O4S. The molecule has 3 amide bonds. The highest BCUT2D eigenvalue weighted by Gasteiger charge is 2.33. The summed E-state index contributed by atoms with van der Waals surface area (Å²) in [6.07, 6.45) is 3.43. The smallest absolute Gasteiger partial charge is 0.262 e. The second-order valence-electron chi connectivity index (χ2n) is 8.14. The van der Waals surface area contributed by atoms with Gasteiger partial charge in [-0.15, -0.1) is 0 Å². The van der Waals surface area contributed by atoms with Crippen LogP contribution in [0.4, 0.5) is 11.4 Å². The fourth-order valence-electron chi connectivity index (χ4n) is 3.77. The third-order valence-corrected chi connectivity index (χ3v) is 6.79. The Morgan fingerprint density at radius 1 is 1.03 bits per heavy atom. The van der Waals surface area contributed by atoms with E-state index < -0.39 is 5.25 Å². The Labute approximate surface area is 207 Å². The fourth-order valence-corrected chi connectivity index (χ4v) is 4.89. The van der Waals surface area contributed by atoms with Crippen LogP contribution in [0.1, 0.15) is 36.0 Å². The number of rotatable bonds is 7. The summed E-state index contributed by atoms with van der Waals surface area (Å²) in [5.74, 6) is -0.301. The van der Waals surface area contributed by atoms with Crippen LogP contribution >= 0.6 is 11.8 Å². The van der Waals surface area contributed by atoms with Crippen molar-refractivity contribution in [3.05, 3.63) is 54.1 Å². The van der Waals surface area contributed by atoms with E-state index in [1.165, 1.54) is 18.2 Å². The minimum absolute atomic E-state index is 0.0423. The molecule has 10 heteroatoms. The fraction of sp³-hybridized carbons (Fsp3) is 0.320. The zero-order valence-electron chi connectivity index (χ0n) is 19.0. The molecule has 9 nitrogen and oxygen atoms in total. The first-order valence-corrected chi connectivity index (χ1v) is 12.2. The highest BCUT2D eigenvalue weighted by atomic mass is 32.2. The Balaban J connectivity index is 1.25. The summed E-state index contributed by atoms with van der Waals surface area (Å²) >= 11 is 1.37. The van der Waals surface area contributed by atoms with Crippen molar-refractivity contribution >= 4 is 46.0 Å². The molecule has 0 spiro atoms. The maximum absolute atomic E-state index is 12.5. The molecule has 0 aliphatic carbocycles. The molecular weight excluding hydrogens is 466 g/mol. The molecule has 2 N–H and O–H groups in total. The molecule has 2 aliphatic heterocycles. The lowest BCUT2D eigenvalue weighted by Gasteiger charge is -2.27. The molecule has 1 atom stereocenters. The number of ether oxygens (including phenoxy) is 1. The number of thioether (sulfide) groups is 1. The van der Waals surface area contributed by atoms with Crippen LogP contribution in [0.3, 0.4) is 0 Å². The van der Waals surface area contributed by atoms with Gasteiger partial charge in [0, 0.05) is 36.4 Å². The van der Waals surface area contributed by atoms with E-state index in [0.717, 1.165) is 31.1 Å². The topological polar surface area (TPSA) is 124 Å². The van der Waals surface area contributed by atoms with Crippen molar-refractivity contribution in [3.63, 3.8) is 0 Å². The number of benzene rings is 2. The monoisotopic (exact) mass is 491 g/mol. The third kappa shape index (κ3) is 6.61. The first-order chi connectivity index (χ1) is 17.0. The number of carbonyl (C=O) groups excluding carboxylic acids is 3. The Hall–Kier alpha value is -3.84. The predicted molar refractivity (Wildman–Crippen MR) is 134 cm³/mol. The Bertz CT molecular complexity index is 1150. The number of likely N-dealkylation sites (tertiary alicyclic amines) is 1. The van der Waals surface area contributed by atoms with E-state index in [1.807, 2.05) is 6.07 Å². The van der Waals surface area contributed by atoms with Crippen molar-refractivity contribution in [2.45, 2.75) is 30.9 Å². The summed E-state index contributed by atoms with van der Waals surface area (Å²) in [5.41, 5.74) is 1.55. The van der Waals surface area contributed by atoms with E-state index >= 15 is 0 Å². The van der Waals surface area contributed by atoms with Crippen molar-refractivity contribution in [2.24, 2.45) is 4.99 Å². The van der Waals surface area contributed by atoms with Gasteiger partial charge in [-0.25, -0.2) is 0 Å². The van der Waals surface area contributed by atoms with Gasteiger partial charge in [0.2, 0.25) is 5.91 Å². The standard InChI is InChI=1S/C25H25N5O4S/c26-12-15-34-20-10-8-19(9-11-20)28-23(32)17-4-6-18(7-5-17)27-22(31)16-21-24(33)29-25(35-21)30-13-2-1-3-14-30/h4-11,21H,1-3,13-16H2,(H,27,31)(H,28,32). The van der Waals surface area contributed by atoms with Crippen molar-refractivity contribution in [1.29, 1.82) is 5.26 Å². The van der Waals surface area contributed by atoms with E-state index in [9.17, 15) is 14.4 Å². The predicted octanol–water partition coefficient (Wildman–Crippen LogP) is 3.65. The lowest BCUT2D eigenvalue weighted by molar-refractivity contribution is -0.121. The van der Waals surface area contributed by atoms with Gasteiger partial charge in [0.15, 0.2) is 11.8 Å². The molecule has 2 heterocycles. The molecule has 2 aromatic rings. The molecule has 0 saturated carbocycles. The number of nitriles is 1. The molecule has 180 valence electrons. The highest BCUT2D eigenvalue weighted by Crippen LogP contribution is 2.29. The molecule has 0 bridgehead atoms. The molecule has 1 fully saturated rings. The average Bonchev–Trinajstić information content (AvgIpc) is 3.24. The quantitative estimate of drug-likeness (QED) is 0.606. The van der Waals surface area contributed by atoms with Crippen LogP contribution in [-0.2, 0) is 9.59 Å². The molecule has 1 unspecified atom stereocenters. The van der Waals surface area contributed by atoms with Crippen LogP contribution in [0, 0.1) is 11.3 Å². The Kier molecular flexibility index (Phi) is 8.00. The second-order valence-corrected chi connectivity index (χ2v) is 9.31. The van der Waals surface area contributed by atoms with Gasteiger partial charge in [0.05, 0.1) is 0 Å². The molecule has 1 saturated heterocycles. The number of anilines is 2. The van der Waals surface area contributed by atoms with Crippen LogP contribution in [-0.4, -0.2) is 52.7 Å². The largest absolute Gasteiger partial charge is 0.479 e. The lowest BCUT2D eigenvalue weighted by Crippen LogP contribution is -2.33. The van der Waals surface area contributed by atoms with Crippen LogP contribution in [0.25, 0.3) is 0 Å². The molecule has 0 radical (unpaired) electrons. The van der Waals surface area contributed by atoms with Crippen LogP contribution in [0.5, 0.6) is 5.75 Å². The second kappa shape index (κ2) is 11.5. The number of hydrogen-bond acceptors (Lipinski definition) is 7. The van der Waals surface area contributed by atoms with E-state index in [0.29, 0.717) is 22.7 Å². The average molecular weight is 492 g/mol. The number of amides is 3. The van der Waals surface area contributed by atoms with E-state index in [-0.39, 0.29) is 30.7 Å². The normalized spacial score (nSPS) is 17.3. The molecule has 0 aromatic heterocycles. The molecule has 2 aliphatic rings. The minimum atomic E-state index is -0.506. The van der Waals surface area contributed by atoms with Gasteiger partial charge in [-0.1, -0.05) is 11.8 Å². The number of hydrogen-bond donors (Lipinski definition) is 2. The molecule has 35 heavy (non-hydrogen) atoms. The van der Waals surface area contributed by atoms with Crippen molar-refractivity contribution < 1.29 is 19.1 Å². The third-order valence-electron chi connectivity index (χ3n) is 5.57. The summed E-state index contributed by atoms with van der Waals surface area (Å²) in [4.78, 5) is 43.6. The summed E-state index contributed by atoms with van der Waals surface area (Å²) in [7, 11) is 0. The maximum atomic E-state index is 12.5. The number of amidine groups is 1. The SMILES string of the molecule is N#CCOc1ccc(NC(=O)c2ccc(NC(=O)CC3SC(N4CCCCC4)=NC3=O)cc2)cc1. The van der Waals surface area contributed by atoms with E-state index in [4.69, 9.17) is 10.00 Å². The zero-order chi connectivity index (χ0) is 24.6. The van der Waals surface area contributed by atoms with Crippen LogP contribution in [0.2, 0.25) is 0 Å². The van der Waals surface area contributed by atoms with Crippen molar-refractivity contribution in [2.75, 3.05) is 30.3 Å². The lowest BCUT2D eigenvalue weighted by atomic mass is 10.1.